The molecule has 1 aliphatic rings. The number of carbonyl (C=O) groups excluding carboxylic acids is 1. The monoisotopic (exact) mass is 616 g/mol. The van der Waals surface area contributed by atoms with Gasteiger partial charge < -0.3 is 19.3 Å². The largest absolute Gasteiger partial charge is 0.478 e. The second-order valence-electron chi connectivity index (χ2n) is 9.08. The minimum Gasteiger partial charge on any atom is -0.478 e. The molecule has 2 N–H and O–H groups in total. The highest BCUT2D eigenvalue weighted by atomic mass is 32.2. The first-order valence-corrected chi connectivity index (χ1v) is 14.8. The van der Waals surface area contributed by atoms with Crippen molar-refractivity contribution >= 4 is 38.2 Å². The van der Waals surface area contributed by atoms with Crippen molar-refractivity contribution in [3.05, 3.63) is 95.7 Å². The average Bonchev–Trinajstić information content (AvgIpc) is 3.66. The van der Waals surface area contributed by atoms with Crippen LogP contribution in [0.5, 0.6) is 16.6 Å². The molecular weight excluding hydrogens is 594 g/mol. The van der Waals surface area contributed by atoms with Crippen LogP contribution < -0.4 is 14.8 Å². The Morgan fingerprint density at radius 1 is 1.07 bits per heavy atom. The predicted octanol–water partition coefficient (Wildman–Crippen LogP) is 5.23. The zero-order chi connectivity index (χ0) is 29.9. The number of carbonyl (C=O) groups is 2. The molecular formula is C28H22F2N2O8S2. The lowest BCUT2D eigenvalue weighted by atomic mass is 10.1. The summed E-state index contributed by atoms with van der Waals surface area (Å²) >= 11 is 0.958. The molecule has 4 aromatic rings. The second kappa shape index (κ2) is 12.2. The molecule has 10 nitrogen and oxygen atoms in total. The number of nitrogens with one attached hydrogen (secondary N) is 1. The summed E-state index contributed by atoms with van der Waals surface area (Å²) in [6, 6.07) is 13.7. The van der Waals surface area contributed by atoms with Gasteiger partial charge in [0, 0.05) is 18.2 Å². The number of hydrogen-bond acceptors (Lipinski definition) is 9. The van der Waals surface area contributed by atoms with Crippen LogP contribution >= 0.6 is 11.3 Å². The van der Waals surface area contributed by atoms with Crippen molar-refractivity contribution in [1.29, 1.82) is 0 Å². The number of thiazole rings is 1. The molecule has 1 saturated heterocycles. The highest BCUT2D eigenvalue weighted by molar-refractivity contribution is 7.92. The van der Waals surface area contributed by atoms with Gasteiger partial charge in [-0.05, 0) is 55.0 Å². The van der Waals surface area contributed by atoms with Gasteiger partial charge in [0.1, 0.15) is 11.6 Å². The van der Waals surface area contributed by atoms with Crippen molar-refractivity contribution in [2.75, 3.05) is 18.5 Å². The van der Waals surface area contributed by atoms with Gasteiger partial charge in [-0.3, -0.25) is 10.1 Å². The zero-order valence-corrected chi connectivity index (χ0v) is 23.2. The number of carboxylic acid groups (broad SMARTS) is 1. The fourth-order valence-electron chi connectivity index (χ4n) is 4.07. The van der Waals surface area contributed by atoms with Crippen LogP contribution in [0.25, 0.3) is 0 Å². The van der Waals surface area contributed by atoms with E-state index in [1.807, 2.05) is 0 Å². The quantitative estimate of drug-likeness (QED) is 0.245. The number of hydrogen-bond donors (Lipinski definition) is 2. The maximum Gasteiger partial charge on any atom is 0.335 e. The smallest absolute Gasteiger partial charge is 0.335 e. The van der Waals surface area contributed by atoms with Gasteiger partial charge in [0.25, 0.3) is 5.91 Å². The van der Waals surface area contributed by atoms with Crippen LogP contribution in [-0.2, 0) is 19.4 Å². The lowest BCUT2D eigenvalue weighted by Gasteiger charge is -2.19. The number of carboxylic acids is 1. The molecule has 0 radical (unpaired) electrons. The molecule has 0 spiro atoms. The highest BCUT2D eigenvalue weighted by Crippen LogP contribution is 2.33. The van der Waals surface area contributed by atoms with Crippen LogP contribution in [-0.4, -0.2) is 48.8 Å². The summed E-state index contributed by atoms with van der Waals surface area (Å²) in [4.78, 5) is 28.5. The number of halogens is 2. The molecule has 14 heteroatoms. The summed E-state index contributed by atoms with van der Waals surface area (Å²) in [6.45, 7) is 0.442. The molecule has 3 aromatic carbocycles. The molecule has 42 heavy (non-hydrogen) atoms. The van der Waals surface area contributed by atoms with E-state index in [9.17, 15) is 26.8 Å². The van der Waals surface area contributed by atoms with Crippen molar-refractivity contribution in [3.63, 3.8) is 0 Å². The molecule has 2 heterocycles. The third-order valence-electron chi connectivity index (χ3n) is 6.25. The van der Waals surface area contributed by atoms with Crippen LogP contribution in [0.4, 0.5) is 13.9 Å². The van der Waals surface area contributed by atoms with Gasteiger partial charge in [-0.2, -0.15) is 0 Å². The van der Waals surface area contributed by atoms with E-state index < -0.39 is 50.5 Å². The van der Waals surface area contributed by atoms with Gasteiger partial charge in [-0.25, -0.2) is 27.0 Å². The number of rotatable bonds is 10. The topological polar surface area (TPSA) is 141 Å². The number of aromatic carboxylic acids is 1. The third kappa shape index (κ3) is 6.56. The van der Waals surface area contributed by atoms with Crippen LogP contribution in [0.1, 0.15) is 28.4 Å². The van der Waals surface area contributed by atoms with Crippen molar-refractivity contribution in [2.24, 2.45) is 0 Å². The summed E-state index contributed by atoms with van der Waals surface area (Å²) in [7, 11) is -3.67. The molecule has 0 aliphatic carbocycles. The Bertz CT molecular complexity index is 1700. The Morgan fingerprint density at radius 2 is 1.81 bits per heavy atom. The Hall–Kier alpha value is -4.40. The Kier molecular flexibility index (Phi) is 8.47. The maximum absolute atomic E-state index is 14.4. The van der Waals surface area contributed by atoms with Gasteiger partial charge >= 0.3 is 5.97 Å². The maximum atomic E-state index is 14.4. The lowest BCUT2D eigenvalue weighted by molar-refractivity contribution is -0.123. The van der Waals surface area contributed by atoms with Crippen LogP contribution in [0.3, 0.4) is 0 Å². The van der Waals surface area contributed by atoms with Gasteiger partial charge in [-0.1, -0.05) is 23.5 Å². The first kappa shape index (κ1) is 29.1. The van der Waals surface area contributed by atoms with Crippen molar-refractivity contribution in [2.45, 2.75) is 22.7 Å². The van der Waals surface area contributed by atoms with Crippen LogP contribution in [0.15, 0.2) is 77.8 Å². The SMILES string of the molecule is O=C(O)c1ccc(Oc2cnc(NC(=O)C(Oc3ccc(F)cc3F)c3ccc(S(=O)(=O)C4CCOC4)cc3)s2)cc1. The van der Waals surface area contributed by atoms with E-state index >= 15 is 0 Å². The normalized spacial score (nSPS) is 15.6. The Labute approximate surface area is 242 Å². The minimum absolute atomic E-state index is 0.0342. The van der Waals surface area contributed by atoms with Crippen molar-refractivity contribution < 1.29 is 46.1 Å². The molecule has 1 aromatic heterocycles. The summed E-state index contributed by atoms with van der Waals surface area (Å²) in [5.74, 6) is -3.78. The van der Waals surface area contributed by atoms with E-state index in [0.717, 1.165) is 23.5 Å². The number of nitrogens with zero attached hydrogens (tertiary/aromatic N) is 1. The first-order chi connectivity index (χ1) is 20.1. The molecule has 1 fully saturated rings. The first-order valence-electron chi connectivity index (χ1n) is 12.4. The van der Waals surface area contributed by atoms with Gasteiger partial charge in [0.2, 0.25) is 11.2 Å². The number of anilines is 1. The number of ether oxygens (including phenoxy) is 3. The summed E-state index contributed by atoms with van der Waals surface area (Å²) in [5.41, 5.74) is 0.283. The number of benzene rings is 3. The van der Waals surface area contributed by atoms with Gasteiger partial charge in [0.15, 0.2) is 26.5 Å². The predicted molar refractivity (Wildman–Crippen MR) is 147 cm³/mol. The molecule has 2 atom stereocenters. The lowest BCUT2D eigenvalue weighted by Crippen LogP contribution is -2.26. The summed E-state index contributed by atoms with van der Waals surface area (Å²) in [6.07, 6.45) is 0.232. The average molecular weight is 617 g/mol. The minimum atomic E-state index is -3.67. The van der Waals surface area contributed by atoms with E-state index in [1.165, 1.54) is 54.7 Å². The summed E-state index contributed by atoms with van der Waals surface area (Å²) in [5, 5.41) is 11.3. The fraction of sp³-hybridized carbons (Fsp3) is 0.179. The van der Waals surface area contributed by atoms with Crippen molar-refractivity contribution in [1.82, 2.24) is 4.98 Å². The van der Waals surface area contributed by atoms with E-state index in [4.69, 9.17) is 19.3 Å². The fourth-order valence-corrected chi connectivity index (χ4v) is 6.34. The standard InChI is InChI=1S/C28H22F2N2O8S2/c29-18-5-10-23(22(30)13-18)40-25(16-3-8-20(9-4-16)42(36,37)21-11-12-38-15-21)26(33)32-28-31-14-24(41-28)39-19-6-1-17(2-7-19)27(34)35/h1-10,13-14,21,25H,11-12,15H2,(H,34,35)(H,31,32,33). The zero-order valence-electron chi connectivity index (χ0n) is 21.5. The van der Waals surface area contributed by atoms with Crippen LogP contribution in [0.2, 0.25) is 0 Å². The molecule has 5 rings (SSSR count). The van der Waals surface area contributed by atoms with Gasteiger partial charge in [0.05, 0.1) is 28.5 Å². The highest BCUT2D eigenvalue weighted by Gasteiger charge is 2.32. The second-order valence-corrected chi connectivity index (χ2v) is 12.3. The van der Waals surface area contributed by atoms with Crippen molar-refractivity contribution in [3.8, 4) is 16.6 Å². The molecule has 0 bridgehead atoms. The molecule has 1 aliphatic heterocycles. The van der Waals surface area contributed by atoms with E-state index in [-0.39, 0.29) is 32.8 Å². The number of aromatic nitrogens is 1. The third-order valence-corrected chi connectivity index (χ3v) is 9.22. The molecule has 218 valence electrons. The van der Waals surface area contributed by atoms with Crippen LogP contribution in [0, 0.1) is 11.6 Å². The molecule has 0 saturated carbocycles. The van der Waals surface area contributed by atoms with Gasteiger partial charge in [-0.15, -0.1) is 0 Å². The molecule has 2 unspecified atom stereocenters. The Morgan fingerprint density at radius 3 is 2.45 bits per heavy atom. The summed E-state index contributed by atoms with van der Waals surface area (Å²) < 4.78 is 70.3. The Balaban J connectivity index is 1.36. The van der Waals surface area contributed by atoms with E-state index in [2.05, 4.69) is 10.3 Å². The number of sulfone groups is 1. The molecule has 1 amide bonds. The van der Waals surface area contributed by atoms with E-state index in [1.54, 1.807) is 0 Å². The number of amides is 1. The van der Waals surface area contributed by atoms with E-state index in [0.29, 0.717) is 24.8 Å².